The lowest BCUT2D eigenvalue weighted by Gasteiger charge is -2.42. The predicted octanol–water partition coefficient (Wildman–Crippen LogP) is 3.25. The van der Waals surface area contributed by atoms with Gasteiger partial charge in [0, 0.05) is 49.2 Å². The maximum absolute atomic E-state index is 14.5. The van der Waals surface area contributed by atoms with Crippen molar-refractivity contribution in [2.24, 2.45) is 0 Å². The molecular formula is C30H36FN3O8. The van der Waals surface area contributed by atoms with Gasteiger partial charge in [-0.3, -0.25) is 19.3 Å². The lowest BCUT2D eigenvalue weighted by atomic mass is 9.80. The van der Waals surface area contributed by atoms with Gasteiger partial charge in [0.15, 0.2) is 5.60 Å². The molecule has 1 fully saturated rings. The number of H-pyrrole nitrogens is 1. The van der Waals surface area contributed by atoms with Crippen LogP contribution in [0.5, 0.6) is 0 Å². The van der Waals surface area contributed by atoms with E-state index in [9.17, 15) is 23.6 Å². The zero-order valence-corrected chi connectivity index (χ0v) is 23.5. The Kier molecular flexibility index (Phi) is 10.4. The summed E-state index contributed by atoms with van der Waals surface area (Å²) in [5.41, 5.74) is 1.06. The van der Waals surface area contributed by atoms with Crippen molar-refractivity contribution in [1.29, 1.82) is 0 Å². The van der Waals surface area contributed by atoms with Crippen molar-refractivity contribution in [2.75, 3.05) is 13.1 Å². The molecule has 6 N–H and O–H groups in total. The first-order valence-corrected chi connectivity index (χ1v) is 13.5. The molecule has 2 heterocycles. The number of nitrogens with zero attached hydrogens (tertiary/aromatic N) is 1. The van der Waals surface area contributed by atoms with E-state index in [0.717, 1.165) is 26.1 Å². The number of nitrogens with one attached hydrogen (secondary N) is 2. The fraction of sp³-hybridized carbons (Fsp3) is 0.400. The summed E-state index contributed by atoms with van der Waals surface area (Å²) in [6, 6.07) is 13.3. The molecule has 1 aromatic heterocycles. The van der Waals surface area contributed by atoms with E-state index in [0.29, 0.717) is 18.4 Å². The molecule has 12 heteroatoms. The van der Waals surface area contributed by atoms with Gasteiger partial charge in [-0.1, -0.05) is 43.3 Å². The van der Waals surface area contributed by atoms with Crippen molar-refractivity contribution < 1.29 is 44.0 Å². The Labute approximate surface area is 242 Å². The summed E-state index contributed by atoms with van der Waals surface area (Å²) in [5, 5.41) is 38.2. The maximum atomic E-state index is 14.5. The number of aromatic nitrogens is 1. The Bertz CT molecular complexity index is 1430. The summed E-state index contributed by atoms with van der Waals surface area (Å²) in [4.78, 5) is 48.2. The summed E-state index contributed by atoms with van der Waals surface area (Å²) in [7, 11) is 0. The minimum absolute atomic E-state index is 0.120. The van der Waals surface area contributed by atoms with Crippen molar-refractivity contribution in [3.63, 3.8) is 0 Å². The second-order valence-electron chi connectivity index (χ2n) is 10.5. The Morgan fingerprint density at radius 3 is 2.12 bits per heavy atom. The van der Waals surface area contributed by atoms with Crippen molar-refractivity contribution in [2.45, 2.75) is 63.6 Å². The lowest BCUT2D eigenvalue weighted by Crippen LogP contribution is -2.52. The number of aliphatic hydroxyl groups is 1. The van der Waals surface area contributed by atoms with Gasteiger partial charge in [-0.25, -0.2) is 9.18 Å². The van der Waals surface area contributed by atoms with Crippen LogP contribution >= 0.6 is 0 Å². The fourth-order valence-electron chi connectivity index (χ4n) is 5.40. The smallest absolute Gasteiger partial charge is 0.336 e. The number of aryl methyl sites for hydroxylation is 1. The number of amides is 1. The standard InChI is InChI=1S/C24H28FN3O.C6H8O7/c1-3-18-7-6-8-20-19(15-26-23(18)20)16-28-13-11-24(12-14-28,27-17(2)29)21-9-4-5-10-22(21)25;7-3(8)1-6(13,5(11)12)2-4(9)10/h4-10,15,26H,3,11-14,16H2,1-2H3,(H,27,29);13H,1-2H2,(H,7,8)(H,9,10)(H,11,12). The molecule has 226 valence electrons. The van der Waals surface area contributed by atoms with E-state index in [1.165, 1.54) is 35.0 Å². The molecule has 0 atom stereocenters. The van der Waals surface area contributed by atoms with Gasteiger partial charge in [0.05, 0.1) is 18.4 Å². The fourth-order valence-corrected chi connectivity index (χ4v) is 5.40. The summed E-state index contributed by atoms with van der Waals surface area (Å²) < 4.78 is 14.5. The van der Waals surface area contributed by atoms with Crippen LogP contribution in [0, 0.1) is 5.82 Å². The Morgan fingerprint density at radius 2 is 1.60 bits per heavy atom. The lowest BCUT2D eigenvalue weighted by molar-refractivity contribution is -0.170. The van der Waals surface area contributed by atoms with E-state index in [2.05, 4.69) is 46.5 Å². The van der Waals surface area contributed by atoms with Crippen LogP contribution in [0.3, 0.4) is 0 Å². The number of likely N-dealkylation sites (tertiary alicyclic amines) is 1. The largest absolute Gasteiger partial charge is 0.481 e. The number of para-hydroxylation sites is 1. The van der Waals surface area contributed by atoms with Crippen LogP contribution in [-0.2, 0) is 37.7 Å². The number of halogens is 1. The van der Waals surface area contributed by atoms with Gasteiger partial charge in [0.25, 0.3) is 0 Å². The Morgan fingerprint density at radius 1 is 0.976 bits per heavy atom. The van der Waals surface area contributed by atoms with Gasteiger partial charge in [0.2, 0.25) is 5.91 Å². The average Bonchev–Trinajstić information content (AvgIpc) is 3.32. The van der Waals surface area contributed by atoms with E-state index in [1.54, 1.807) is 12.1 Å². The number of carboxylic acid groups (broad SMARTS) is 3. The van der Waals surface area contributed by atoms with E-state index in [4.69, 9.17) is 20.4 Å². The average molecular weight is 586 g/mol. The van der Waals surface area contributed by atoms with Gasteiger partial charge in [-0.05, 0) is 36.5 Å². The monoisotopic (exact) mass is 585 g/mol. The molecule has 2 aromatic carbocycles. The first kappa shape index (κ1) is 32.2. The van der Waals surface area contributed by atoms with Crippen molar-refractivity contribution in [1.82, 2.24) is 15.2 Å². The van der Waals surface area contributed by atoms with Crippen LogP contribution < -0.4 is 5.32 Å². The molecule has 11 nitrogen and oxygen atoms in total. The van der Waals surface area contributed by atoms with Crippen LogP contribution in [0.15, 0.2) is 48.7 Å². The SMILES string of the molecule is CCc1cccc2c(CN3CCC(NC(C)=O)(c4ccccc4F)CC3)c[nH]c12.O=C(O)CC(O)(CC(=O)O)C(=O)O. The molecule has 0 saturated carbocycles. The highest BCUT2D eigenvalue weighted by molar-refractivity contribution is 5.88. The summed E-state index contributed by atoms with van der Waals surface area (Å²) in [5.74, 6) is -5.39. The van der Waals surface area contributed by atoms with Crippen LogP contribution in [0.2, 0.25) is 0 Å². The van der Waals surface area contributed by atoms with Gasteiger partial charge >= 0.3 is 17.9 Å². The normalized spacial score (nSPS) is 15.0. The van der Waals surface area contributed by atoms with Gasteiger partial charge in [-0.15, -0.1) is 0 Å². The van der Waals surface area contributed by atoms with Gasteiger partial charge in [0.1, 0.15) is 5.82 Å². The number of hydrogen-bond acceptors (Lipinski definition) is 6. The van der Waals surface area contributed by atoms with E-state index < -0.39 is 41.9 Å². The predicted molar refractivity (Wildman–Crippen MR) is 151 cm³/mol. The maximum Gasteiger partial charge on any atom is 0.336 e. The van der Waals surface area contributed by atoms with Gasteiger partial charge in [-0.2, -0.15) is 0 Å². The quantitative estimate of drug-likeness (QED) is 0.208. The number of piperidine rings is 1. The topological polar surface area (TPSA) is 180 Å². The minimum atomic E-state index is -2.74. The van der Waals surface area contributed by atoms with Crippen LogP contribution in [0.4, 0.5) is 4.39 Å². The third-order valence-electron chi connectivity index (χ3n) is 7.46. The second-order valence-corrected chi connectivity index (χ2v) is 10.5. The summed E-state index contributed by atoms with van der Waals surface area (Å²) in [6.07, 6.45) is 2.20. The van der Waals surface area contributed by atoms with Crippen LogP contribution in [0.25, 0.3) is 10.9 Å². The number of aromatic amines is 1. The van der Waals surface area contributed by atoms with E-state index in [-0.39, 0.29) is 11.7 Å². The third kappa shape index (κ3) is 7.71. The number of fused-ring (bicyclic) bond motifs is 1. The highest BCUT2D eigenvalue weighted by Gasteiger charge is 2.41. The molecular weight excluding hydrogens is 549 g/mol. The zero-order valence-electron chi connectivity index (χ0n) is 23.5. The number of aliphatic carboxylic acids is 3. The zero-order chi connectivity index (χ0) is 31.1. The number of carbonyl (C=O) groups excluding carboxylic acids is 1. The molecule has 42 heavy (non-hydrogen) atoms. The van der Waals surface area contributed by atoms with E-state index in [1.807, 2.05) is 6.07 Å². The molecule has 4 rings (SSSR count). The number of rotatable bonds is 10. The number of hydrogen-bond donors (Lipinski definition) is 6. The first-order valence-electron chi connectivity index (χ1n) is 13.5. The summed E-state index contributed by atoms with van der Waals surface area (Å²) in [6.45, 7) is 6.13. The van der Waals surface area contributed by atoms with Crippen molar-refractivity contribution in [3.8, 4) is 0 Å². The number of benzene rings is 2. The molecule has 1 aliphatic heterocycles. The van der Waals surface area contributed by atoms with Crippen LogP contribution in [0.1, 0.15) is 56.2 Å². The molecule has 0 aliphatic carbocycles. The number of carboxylic acids is 3. The number of carbonyl (C=O) groups is 4. The molecule has 0 unspecified atom stereocenters. The Hall–Kier alpha value is -4.29. The molecule has 1 aliphatic rings. The molecule has 1 amide bonds. The van der Waals surface area contributed by atoms with Crippen LogP contribution in [-0.4, -0.2) is 72.8 Å². The van der Waals surface area contributed by atoms with E-state index >= 15 is 0 Å². The highest BCUT2D eigenvalue weighted by atomic mass is 19.1. The summed E-state index contributed by atoms with van der Waals surface area (Å²) >= 11 is 0. The molecule has 0 radical (unpaired) electrons. The second kappa shape index (κ2) is 13.6. The molecule has 0 spiro atoms. The molecule has 0 bridgehead atoms. The van der Waals surface area contributed by atoms with Crippen molar-refractivity contribution >= 4 is 34.7 Å². The first-order chi connectivity index (χ1) is 19.8. The van der Waals surface area contributed by atoms with Gasteiger partial charge < -0.3 is 30.7 Å². The Balaban J connectivity index is 0.000000316. The van der Waals surface area contributed by atoms with Crippen molar-refractivity contribution in [3.05, 3.63) is 71.2 Å². The third-order valence-corrected chi connectivity index (χ3v) is 7.46. The molecule has 1 saturated heterocycles. The highest BCUT2D eigenvalue weighted by Crippen LogP contribution is 2.35. The minimum Gasteiger partial charge on any atom is -0.481 e. The molecule has 3 aromatic rings.